The molecule has 0 radical (unpaired) electrons. The average molecular weight is 347 g/mol. The van der Waals surface area contributed by atoms with Crippen molar-refractivity contribution in [1.29, 1.82) is 0 Å². The van der Waals surface area contributed by atoms with Gasteiger partial charge in [-0.2, -0.15) is 0 Å². The van der Waals surface area contributed by atoms with Crippen LogP contribution in [-0.4, -0.2) is 32.2 Å². The van der Waals surface area contributed by atoms with Gasteiger partial charge in [-0.25, -0.2) is 4.79 Å². The first-order valence-electron chi connectivity index (χ1n) is 7.20. The molecule has 0 saturated heterocycles. The molecule has 0 unspecified atom stereocenters. The Bertz CT molecular complexity index is 789. The van der Waals surface area contributed by atoms with Gasteiger partial charge in [0.05, 0.1) is 31.8 Å². The molecule has 0 N–H and O–H groups in total. The zero-order valence-electron chi connectivity index (χ0n) is 14.0. The number of rotatable bonds is 7. The molecule has 0 aromatic heterocycles. The van der Waals surface area contributed by atoms with Crippen LogP contribution in [0.3, 0.4) is 0 Å². The summed E-state index contributed by atoms with van der Waals surface area (Å²) in [6.45, 7) is -0.0704. The Morgan fingerprint density at radius 1 is 1.00 bits per heavy atom. The monoisotopic (exact) mass is 347 g/mol. The van der Waals surface area contributed by atoms with E-state index >= 15 is 0 Å². The lowest BCUT2D eigenvalue weighted by Crippen LogP contribution is -2.07. The zero-order valence-corrected chi connectivity index (χ0v) is 14.0. The quantitative estimate of drug-likeness (QED) is 0.431. The number of benzene rings is 2. The molecule has 2 aromatic rings. The maximum absolute atomic E-state index is 12.2. The molecule has 0 aliphatic heterocycles. The lowest BCUT2D eigenvalue weighted by Gasteiger charge is -2.11. The Hall–Kier alpha value is -3.29. The SMILES string of the molecule is COc1ccc(OC)c(COC(=O)c2ccc(OC)c([N+](=O)[O-])c2)c1. The van der Waals surface area contributed by atoms with Gasteiger partial charge in [-0.05, 0) is 30.3 Å². The molecule has 25 heavy (non-hydrogen) atoms. The molecule has 132 valence electrons. The molecule has 0 saturated carbocycles. The van der Waals surface area contributed by atoms with E-state index in [4.69, 9.17) is 18.9 Å². The Morgan fingerprint density at radius 3 is 2.28 bits per heavy atom. The molecule has 0 heterocycles. The van der Waals surface area contributed by atoms with E-state index in [-0.39, 0.29) is 23.6 Å². The number of carbonyl (C=O) groups excluding carboxylic acids is 1. The third kappa shape index (κ3) is 4.17. The van der Waals surface area contributed by atoms with Gasteiger partial charge in [-0.3, -0.25) is 10.1 Å². The van der Waals surface area contributed by atoms with E-state index in [1.807, 2.05) is 0 Å². The number of hydrogen-bond donors (Lipinski definition) is 0. The van der Waals surface area contributed by atoms with E-state index in [2.05, 4.69) is 0 Å². The topological polar surface area (TPSA) is 97.1 Å². The third-order valence-corrected chi connectivity index (χ3v) is 3.46. The van der Waals surface area contributed by atoms with Crippen molar-refractivity contribution in [3.05, 3.63) is 57.6 Å². The predicted octanol–water partition coefficient (Wildman–Crippen LogP) is 2.98. The minimum absolute atomic E-state index is 0.0503. The summed E-state index contributed by atoms with van der Waals surface area (Å²) in [5.74, 6) is 0.493. The Morgan fingerprint density at radius 2 is 1.68 bits per heavy atom. The highest BCUT2D eigenvalue weighted by Gasteiger charge is 2.19. The van der Waals surface area contributed by atoms with Crippen molar-refractivity contribution in [2.24, 2.45) is 0 Å². The van der Waals surface area contributed by atoms with Gasteiger partial charge in [-0.15, -0.1) is 0 Å². The van der Waals surface area contributed by atoms with Gasteiger partial charge in [0, 0.05) is 11.6 Å². The minimum Gasteiger partial charge on any atom is -0.497 e. The van der Waals surface area contributed by atoms with E-state index in [1.165, 1.54) is 33.5 Å². The van der Waals surface area contributed by atoms with Crippen LogP contribution >= 0.6 is 0 Å². The first-order valence-corrected chi connectivity index (χ1v) is 7.20. The van der Waals surface area contributed by atoms with E-state index < -0.39 is 10.9 Å². The lowest BCUT2D eigenvalue weighted by atomic mass is 10.2. The van der Waals surface area contributed by atoms with Crippen LogP contribution in [0.1, 0.15) is 15.9 Å². The molecular formula is C17H17NO7. The van der Waals surface area contributed by atoms with Crippen molar-refractivity contribution >= 4 is 11.7 Å². The predicted molar refractivity (Wildman–Crippen MR) is 88.3 cm³/mol. The highest BCUT2D eigenvalue weighted by molar-refractivity contribution is 5.90. The number of hydrogen-bond acceptors (Lipinski definition) is 7. The maximum Gasteiger partial charge on any atom is 0.338 e. The van der Waals surface area contributed by atoms with Crippen LogP contribution in [0.5, 0.6) is 17.2 Å². The van der Waals surface area contributed by atoms with E-state index in [1.54, 1.807) is 18.2 Å². The molecular weight excluding hydrogens is 330 g/mol. The Labute approximate surface area is 144 Å². The number of methoxy groups -OCH3 is 3. The fraction of sp³-hybridized carbons (Fsp3) is 0.235. The minimum atomic E-state index is -0.698. The summed E-state index contributed by atoms with van der Waals surface area (Å²) in [4.78, 5) is 22.6. The van der Waals surface area contributed by atoms with Crippen LogP contribution < -0.4 is 14.2 Å². The van der Waals surface area contributed by atoms with Crippen LogP contribution in [0.2, 0.25) is 0 Å². The molecule has 8 heteroatoms. The van der Waals surface area contributed by atoms with Crippen molar-refractivity contribution in [3.8, 4) is 17.2 Å². The van der Waals surface area contributed by atoms with Gasteiger partial charge >= 0.3 is 11.7 Å². The molecule has 2 aromatic carbocycles. The fourth-order valence-electron chi connectivity index (χ4n) is 2.18. The summed E-state index contributed by atoms with van der Waals surface area (Å²) in [7, 11) is 4.34. The summed E-state index contributed by atoms with van der Waals surface area (Å²) in [5.41, 5.74) is 0.350. The zero-order chi connectivity index (χ0) is 18.4. The van der Waals surface area contributed by atoms with Crippen molar-refractivity contribution in [2.75, 3.05) is 21.3 Å². The molecule has 0 aliphatic rings. The first kappa shape index (κ1) is 18.1. The number of ether oxygens (including phenoxy) is 4. The highest BCUT2D eigenvalue weighted by Crippen LogP contribution is 2.28. The van der Waals surface area contributed by atoms with Gasteiger partial charge in [0.25, 0.3) is 0 Å². The normalized spacial score (nSPS) is 10.0. The van der Waals surface area contributed by atoms with Crippen molar-refractivity contribution in [2.45, 2.75) is 6.61 Å². The largest absolute Gasteiger partial charge is 0.497 e. The number of esters is 1. The Kier molecular flexibility index (Phi) is 5.78. The van der Waals surface area contributed by atoms with E-state index in [0.717, 1.165) is 6.07 Å². The van der Waals surface area contributed by atoms with Gasteiger partial charge < -0.3 is 18.9 Å². The summed E-state index contributed by atoms with van der Waals surface area (Å²) < 4.78 is 20.5. The smallest absolute Gasteiger partial charge is 0.338 e. The highest BCUT2D eigenvalue weighted by atomic mass is 16.6. The molecule has 2 rings (SSSR count). The molecule has 0 fully saturated rings. The van der Waals surface area contributed by atoms with Crippen LogP contribution in [0.25, 0.3) is 0 Å². The van der Waals surface area contributed by atoms with Crippen molar-refractivity contribution in [3.63, 3.8) is 0 Å². The van der Waals surface area contributed by atoms with Gasteiger partial charge in [0.1, 0.15) is 18.1 Å². The van der Waals surface area contributed by atoms with Gasteiger partial charge in [0.15, 0.2) is 5.75 Å². The van der Waals surface area contributed by atoms with Gasteiger partial charge in [0.2, 0.25) is 0 Å². The average Bonchev–Trinajstić information content (AvgIpc) is 2.65. The summed E-state index contributed by atoms with van der Waals surface area (Å²) in [6, 6.07) is 8.96. The van der Waals surface area contributed by atoms with E-state index in [9.17, 15) is 14.9 Å². The maximum atomic E-state index is 12.2. The first-order chi connectivity index (χ1) is 12.0. The summed E-state index contributed by atoms with van der Waals surface area (Å²) in [6.07, 6.45) is 0. The molecule has 8 nitrogen and oxygen atoms in total. The molecule has 0 spiro atoms. The second-order valence-electron chi connectivity index (χ2n) is 4.90. The van der Waals surface area contributed by atoms with Crippen LogP contribution in [-0.2, 0) is 11.3 Å². The van der Waals surface area contributed by atoms with Crippen LogP contribution in [0.4, 0.5) is 5.69 Å². The van der Waals surface area contributed by atoms with Crippen LogP contribution in [0.15, 0.2) is 36.4 Å². The number of nitrogens with zero attached hydrogens (tertiary/aromatic N) is 1. The number of nitro benzene ring substituents is 1. The van der Waals surface area contributed by atoms with Crippen molar-refractivity contribution < 1.29 is 28.7 Å². The summed E-state index contributed by atoms with van der Waals surface area (Å²) in [5, 5.41) is 11.0. The summed E-state index contributed by atoms with van der Waals surface area (Å²) >= 11 is 0. The Balaban J connectivity index is 2.18. The van der Waals surface area contributed by atoms with Gasteiger partial charge in [-0.1, -0.05) is 0 Å². The standard InChI is InChI=1S/C17H17NO7/c1-22-13-5-7-15(23-2)12(8-13)10-25-17(19)11-4-6-16(24-3)14(9-11)18(20)21/h4-9H,10H2,1-3H3. The molecule has 0 amide bonds. The fourth-order valence-corrected chi connectivity index (χ4v) is 2.18. The molecule has 0 atom stereocenters. The number of carbonyl (C=O) groups is 1. The van der Waals surface area contributed by atoms with Crippen molar-refractivity contribution in [1.82, 2.24) is 0 Å². The lowest BCUT2D eigenvalue weighted by molar-refractivity contribution is -0.385. The second kappa shape index (κ2) is 8.00. The molecule has 0 bridgehead atoms. The van der Waals surface area contributed by atoms with E-state index in [0.29, 0.717) is 17.1 Å². The van der Waals surface area contributed by atoms with Crippen LogP contribution in [0, 0.1) is 10.1 Å². The number of nitro groups is 1. The third-order valence-electron chi connectivity index (χ3n) is 3.46. The molecule has 0 aliphatic carbocycles. The second-order valence-corrected chi connectivity index (χ2v) is 4.90.